The molecule has 6 heteroatoms. The van der Waals surface area contributed by atoms with Gasteiger partial charge in [-0.05, 0) is 0 Å². The fourth-order valence-corrected chi connectivity index (χ4v) is 0.815. The average molecular weight is 192 g/mol. The van der Waals surface area contributed by atoms with Crippen LogP contribution in [0.2, 0.25) is 0 Å². The number of nitrogens with two attached hydrogens (primary N) is 1. The lowest BCUT2D eigenvalue weighted by Gasteiger charge is -2.07. The van der Waals surface area contributed by atoms with Gasteiger partial charge in [-0.15, -0.1) is 0 Å². The molecule has 1 rings (SSSR count). The number of alkyl halides is 2. The smallest absolute Gasteiger partial charge is 0.283 e. The van der Waals surface area contributed by atoms with Crippen molar-refractivity contribution in [2.75, 3.05) is 12.8 Å². The van der Waals surface area contributed by atoms with Crippen molar-refractivity contribution < 1.29 is 17.9 Å². The van der Waals surface area contributed by atoms with Crippen molar-refractivity contribution in [3.63, 3.8) is 0 Å². The summed E-state index contributed by atoms with van der Waals surface area (Å²) in [4.78, 5) is 3.18. The molecule has 2 N–H and O–H groups in total. The Balaban J connectivity index is 3.23. The number of pyridine rings is 1. The van der Waals surface area contributed by atoms with Gasteiger partial charge < -0.3 is 10.5 Å². The van der Waals surface area contributed by atoms with Crippen molar-refractivity contribution in [3.8, 4) is 5.75 Å². The third kappa shape index (κ3) is 1.66. The van der Waals surface area contributed by atoms with E-state index in [-0.39, 0.29) is 5.75 Å². The number of ether oxygens (including phenoxy) is 1. The molecule has 3 nitrogen and oxygen atoms in total. The van der Waals surface area contributed by atoms with Crippen molar-refractivity contribution in [1.82, 2.24) is 4.98 Å². The lowest BCUT2D eigenvalue weighted by Crippen LogP contribution is -2.03. The highest BCUT2D eigenvalue weighted by molar-refractivity contribution is 5.53. The molecule has 0 amide bonds. The normalized spacial score (nSPS) is 10.5. The van der Waals surface area contributed by atoms with Crippen LogP contribution in [0.4, 0.5) is 18.9 Å². The van der Waals surface area contributed by atoms with E-state index >= 15 is 0 Å². The highest BCUT2D eigenvalue weighted by Crippen LogP contribution is 2.29. The number of anilines is 1. The predicted octanol–water partition coefficient (Wildman–Crippen LogP) is 1.75. The quantitative estimate of drug-likeness (QED) is 0.776. The van der Waals surface area contributed by atoms with Gasteiger partial charge in [-0.25, -0.2) is 18.2 Å². The van der Waals surface area contributed by atoms with E-state index in [1.807, 2.05) is 0 Å². The molecule has 0 bridgehead atoms. The van der Waals surface area contributed by atoms with Gasteiger partial charge in [0.25, 0.3) is 6.43 Å². The van der Waals surface area contributed by atoms with Gasteiger partial charge in [0.2, 0.25) is 0 Å². The number of nitrogen functional groups attached to an aromatic ring is 1. The van der Waals surface area contributed by atoms with Crippen molar-refractivity contribution in [2.45, 2.75) is 6.43 Å². The lowest BCUT2D eigenvalue weighted by molar-refractivity contribution is 0.140. The highest BCUT2D eigenvalue weighted by atomic mass is 19.3. The molecular weight excluding hydrogens is 185 g/mol. The topological polar surface area (TPSA) is 48.1 Å². The molecule has 0 atom stereocenters. The largest absolute Gasteiger partial charge is 0.493 e. The first kappa shape index (κ1) is 9.63. The van der Waals surface area contributed by atoms with E-state index < -0.39 is 23.6 Å². The number of hydrogen-bond acceptors (Lipinski definition) is 3. The Morgan fingerprint density at radius 2 is 2.15 bits per heavy atom. The number of aromatic nitrogens is 1. The van der Waals surface area contributed by atoms with Gasteiger partial charge >= 0.3 is 0 Å². The first-order valence-corrected chi connectivity index (χ1v) is 3.34. The molecule has 0 aliphatic carbocycles. The van der Waals surface area contributed by atoms with Gasteiger partial charge in [0.1, 0.15) is 11.4 Å². The number of nitrogens with zero attached hydrogens (tertiary/aromatic N) is 1. The summed E-state index contributed by atoms with van der Waals surface area (Å²) in [5, 5.41) is 0. The Hall–Kier alpha value is -1.46. The van der Waals surface area contributed by atoms with Crippen LogP contribution in [0.15, 0.2) is 6.20 Å². The summed E-state index contributed by atoms with van der Waals surface area (Å²) in [6.45, 7) is 0. The van der Waals surface area contributed by atoms with E-state index in [4.69, 9.17) is 5.73 Å². The van der Waals surface area contributed by atoms with Crippen LogP contribution in [0.1, 0.15) is 12.1 Å². The summed E-state index contributed by atoms with van der Waals surface area (Å²) in [6, 6.07) is 0. The third-order valence-electron chi connectivity index (χ3n) is 1.47. The molecule has 0 fully saturated rings. The average Bonchev–Trinajstić information content (AvgIpc) is 2.09. The van der Waals surface area contributed by atoms with E-state index in [0.717, 1.165) is 6.20 Å². The molecule has 0 unspecified atom stereocenters. The second kappa shape index (κ2) is 3.51. The molecule has 0 radical (unpaired) electrons. The van der Waals surface area contributed by atoms with Gasteiger partial charge in [-0.3, -0.25) is 0 Å². The van der Waals surface area contributed by atoms with Gasteiger partial charge in [0.15, 0.2) is 11.6 Å². The highest BCUT2D eigenvalue weighted by Gasteiger charge is 2.19. The molecular formula is C7H7F3N2O. The van der Waals surface area contributed by atoms with E-state index in [0.29, 0.717) is 0 Å². The fraction of sp³-hybridized carbons (Fsp3) is 0.286. The summed E-state index contributed by atoms with van der Waals surface area (Å²) in [6.07, 6.45) is -2.02. The number of hydrogen-bond donors (Lipinski definition) is 1. The van der Waals surface area contributed by atoms with Crippen LogP contribution in [-0.4, -0.2) is 12.1 Å². The fourth-order valence-electron chi connectivity index (χ4n) is 0.815. The van der Waals surface area contributed by atoms with Gasteiger partial charge in [-0.1, -0.05) is 0 Å². The maximum atomic E-state index is 13.0. The van der Waals surface area contributed by atoms with Crippen LogP contribution in [-0.2, 0) is 0 Å². The van der Waals surface area contributed by atoms with Crippen molar-refractivity contribution in [2.24, 2.45) is 0 Å². The number of methoxy groups -OCH3 is 1. The SMILES string of the molecule is COc1cnc(C(F)F)c(F)c1N. The molecule has 0 aliphatic heterocycles. The van der Waals surface area contributed by atoms with Crippen LogP contribution >= 0.6 is 0 Å². The molecule has 0 spiro atoms. The molecule has 13 heavy (non-hydrogen) atoms. The van der Waals surface area contributed by atoms with Gasteiger partial charge in [0, 0.05) is 0 Å². The number of rotatable bonds is 2. The Morgan fingerprint density at radius 1 is 1.54 bits per heavy atom. The number of halogens is 3. The molecule has 0 saturated heterocycles. The van der Waals surface area contributed by atoms with Crippen LogP contribution in [0, 0.1) is 5.82 Å². The van der Waals surface area contributed by atoms with Crippen molar-refractivity contribution in [3.05, 3.63) is 17.7 Å². The van der Waals surface area contributed by atoms with Gasteiger partial charge in [-0.2, -0.15) is 0 Å². The summed E-state index contributed by atoms with van der Waals surface area (Å²) in [5.74, 6) is -1.28. The van der Waals surface area contributed by atoms with Crippen LogP contribution in [0.5, 0.6) is 5.75 Å². The van der Waals surface area contributed by atoms with Gasteiger partial charge in [0.05, 0.1) is 13.3 Å². The summed E-state index contributed by atoms with van der Waals surface area (Å²) in [5.41, 5.74) is 3.75. The molecule has 0 aliphatic rings. The molecule has 0 saturated carbocycles. The monoisotopic (exact) mass is 192 g/mol. The molecule has 72 valence electrons. The zero-order valence-corrected chi connectivity index (χ0v) is 6.72. The minimum absolute atomic E-state index is 0.0538. The van der Waals surface area contributed by atoms with Crippen molar-refractivity contribution in [1.29, 1.82) is 0 Å². The zero-order valence-electron chi connectivity index (χ0n) is 6.72. The summed E-state index contributed by atoms with van der Waals surface area (Å²) >= 11 is 0. The van der Waals surface area contributed by atoms with Crippen LogP contribution < -0.4 is 10.5 Å². The second-order valence-electron chi connectivity index (χ2n) is 2.24. The molecule has 1 aromatic heterocycles. The van der Waals surface area contributed by atoms with E-state index in [9.17, 15) is 13.2 Å². The van der Waals surface area contributed by atoms with Crippen LogP contribution in [0.3, 0.4) is 0 Å². The first-order chi connectivity index (χ1) is 6.07. The minimum Gasteiger partial charge on any atom is -0.493 e. The summed E-state index contributed by atoms with van der Waals surface area (Å²) in [7, 11) is 1.24. The van der Waals surface area contributed by atoms with Crippen LogP contribution in [0.25, 0.3) is 0 Å². The Bertz CT molecular complexity index is 317. The minimum atomic E-state index is -2.98. The standard InChI is InChI=1S/C7H7F3N2O/c1-13-3-2-12-6(7(9)10)4(8)5(3)11/h2,7H,1H3,(H2,11,12). The molecule has 0 aromatic carbocycles. The van der Waals surface area contributed by atoms with E-state index in [1.54, 1.807) is 0 Å². The summed E-state index contributed by atoms with van der Waals surface area (Å²) < 4.78 is 41.6. The first-order valence-electron chi connectivity index (χ1n) is 3.34. The molecule has 1 aromatic rings. The second-order valence-corrected chi connectivity index (χ2v) is 2.24. The Morgan fingerprint density at radius 3 is 2.62 bits per heavy atom. The molecule has 1 heterocycles. The zero-order chi connectivity index (χ0) is 10.0. The Labute approximate surface area is 72.3 Å². The van der Waals surface area contributed by atoms with E-state index in [2.05, 4.69) is 9.72 Å². The third-order valence-corrected chi connectivity index (χ3v) is 1.47. The maximum absolute atomic E-state index is 13.0. The lowest BCUT2D eigenvalue weighted by atomic mass is 10.3. The Kier molecular flexibility index (Phi) is 2.60. The van der Waals surface area contributed by atoms with Crippen molar-refractivity contribution >= 4 is 5.69 Å². The maximum Gasteiger partial charge on any atom is 0.283 e. The predicted molar refractivity (Wildman–Crippen MR) is 40.1 cm³/mol. The van der Waals surface area contributed by atoms with E-state index in [1.165, 1.54) is 7.11 Å².